The highest BCUT2D eigenvalue weighted by molar-refractivity contribution is 8.00. The molecule has 4 N–H and O–H groups in total. The molecule has 2 rings (SSSR count). The molecule has 7 heteroatoms. The predicted molar refractivity (Wildman–Crippen MR) is 100 cm³/mol. The van der Waals surface area contributed by atoms with Gasteiger partial charge in [0.05, 0.1) is 11.5 Å². The summed E-state index contributed by atoms with van der Waals surface area (Å²) in [5.41, 5.74) is 7.23. The van der Waals surface area contributed by atoms with Gasteiger partial charge in [0.1, 0.15) is 0 Å². The molecule has 1 aliphatic carbocycles. The average Bonchev–Trinajstić information content (AvgIpc) is 2.57. The lowest BCUT2D eigenvalue weighted by Gasteiger charge is -2.27. The van der Waals surface area contributed by atoms with Crippen molar-refractivity contribution in [2.24, 2.45) is 11.7 Å². The molecule has 1 aromatic carbocycles. The monoisotopic (exact) mass is 363 g/mol. The van der Waals surface area contributed by atoms with Crippen LogP contribution in [0.5, 0.6) is 0 Å². The Morgan fingerprint density at radius 2 is 1.80 bits per heavy atom. The van der Waals surface area contributed by atoms with Crippen molar-refractivity contribution in [3.05, 3.63) is 29.8 Å². The average molecular weight is 363 g/mol. The maximum Gasteiger partial charge on any atom is 0.234 e. The Kier molecular flexibility index (Phi) is 7.31. The van der Waals surface area contributed by atoms with Crippen LogP contribution < -0.4 is 16.4 Å². The molecule has 0 bridgehead atoms. The van der Waals surface area contributed by atoms with Gasteiger partial charge < -0.3 is 16.4 Å². The Bertz CT molecular complexity index is 618. The number of hydrogen-bond donors (Lipinski definition) is 3. The number of nitrogens with one attached hydrogen (secondary N) is 2. The van der Waals surface area contributed by atoms with Crippen molar-refractivity contribution in [3.63, 3.8) is 0 Å². The van der Waals surface area contributed by atoms with E-state index < -0.39 is 0 Å². The lowest BCUT2D eigenvalue weighted by molar-refractivity contribution is -0.124. The zero-order valence-corrected chi connectivity index (χ0v) is 15.2. The number of rotatable bonds is 7. The van der Waals surface area contributed by atoms with Crippen LogP contribution >= 0.6 is 11.8 Å². The van der Waals surface area contributed by atoms with Crippen LogP contribution in [0.1, 0.15) is 31.2 Å². The standard InChI is InChI=1S/C18H25N3O3S/c1-12-5-7-14(8-6-12)20-16(22)10-25-11-17(23)21-15-4-2-3-13(9-15)18(19)24/h5-8,13,15H,2-4,9-11H2,1H3,(H2,19,24)(H,20,22)(H,21,23)/t13-,15-/m0/s1. The van der Waals surface area contributed by atoms with E-state index in [-0.39, 0.29) is 41.2 Å². The van der Waals surface area contributed by atoms with Gasteiger partial charge in [-0.3, -0.25) is 14.4 Å². The summed E-state index contributed by atoms with van der Waals surface area (Å²) in [6, 6.07) is 7.56. The smallest absolute Gasteiger partial charge is 0.234 e. The van der Waals surface area contributed by atoms with Crippen molar-refractivity contribution in [2.45, 2.75) is 38.6 Å². The number of nitrogens with two attached hydrogens (primary N) is 1. The molecule has 0 heterocycles. The van der Waals surface area contributed by atoms with Crippen molar-refractivity contribution in [1.29, 1.82) is 0 Å². The number of carbonyl (C=O) groups is 3. The maximum atomic E-state index is 12.0. The maximum absolute atomic E-state index is 12.0. The van der Waals surface area contributed by atoms with Crippen molar-refractivity contribution < 1.29 is 14.4 Å². The van der Waals surface area contributed by atoms with E-state index >= 15 is 0 Å². The molecule has 1 saturated carbocycles. The summed E-state index contributed by atoms with van der Waals surface area (Å²) >= 11 is 1.27. The van der Waals surface area contributed by atoms with Crippen LogP contribution in [0.2, 0.25) is 0 Å². The van der Waals surface area contributed by atoms with Crippen LogP contribution in [0.4, 0.5) is 5.69 Å². The van der Waals surface area contributed by atoms with Gasteiger partial charge in [-0.05, 0) is 38.3 Å². The lowest BCUT2D eigenvalue weighted by atomic mass is 9.85. The number of anilines is 1. The molecule has 0 saturated heterocycles. The van der Waals surface area contributed by atoms with E-state index in [1.807, 2.05) is 31.2 Å². The zero-order chi connectivity index (χ0) is 18.2. The second-order valence-corrected chi connectivity index (χ2v) is 7.42. The fourth-order valence-corrected chi connectivity index (χ4v) is 3.55. The van der Waals surface area contributed by atoms with Gasteiger partial charge in [-0.1, -0.05) is 24.1 Å². The van der Waals surface area contributed by atoms with E-state index in [0.29, 0.717) is 6.42 Å². The largest absolute Gasteiger partial charge is 0.369 e. The molecule has 1 aromatic rings. The summed E-state index contributed by atoms with van der Waals surface area (Å²) in [7, 11) is 0. The Hall–Kier alpha value is -2.02. The highest BCUT2D eigenvalue weighted by Gasteiger charge is 2.26. The number of hydrogen-bond acceptors (Lipinski definition) is 4. The first-order valence-electron chi connectivity index (χ1n) is 8.47. The molecule has 0 aromatic heterocycles. The quantitative estimate of drug-likeness (QED) is 0.688. The van der Waals surface area contributed by atoms with Crippen molar-refractivity contribution in [2.75, 3.05) is 16.8 Å². The molecular formula is C18H25N3O3S. The van der Waals surface area contributed by atoms with Gasteiger partial charge in [-0.25, -0.2) is 0 Å². The molecular weight excluding hydrogens is 338 g/mol. The van der Waals surface area contributed by atoms with Gasteiger partial charge in [0, 0.05) is 17.6 Å². The van der Waals surface area contributed by atoms with Crippen LogP contribution in [-0.4, -0.2) is 35.3 Å². The molecule has 1 aliphatic rings. The third-order valence-corrected chi connectivity index (χ3v) is 5.18. The number of amides is 3. The van der Waals surface area contributed by atoms with Gasteiger partial charge in [0.2, 0.25) is 17.7 Å². The molecule has 0 spiro atoms. The summed E-state index contributed by atoms with van der Waals surface area (Å²) < 4.78 is 0. The number of aryl methyl sites for hydroxylation is 1. The summed E-state index contributed by atoms with van der Waals surface area (Å²) in [6.07, 6.45) is 3.17. The first kappa shape index (κ1) is 19.3. The minimum atomic E-state index is -0.291. The van der Waals surface area contributed by atoms with E-state index in [1.54, 1.807) is 0 Å². The van der Waals surface area contributed by atoms with E-state index in [2.05, 4.69) is 10.6 Å². The highest BCUT2D eigenvalue weighted by Crippen LogP contribution is 2.24. The van der Waals surface area contributed by atoms with Gasteiger partial charge in [0.15, 0.2) is 0 Å². The SMILES string of the molecule is Cc1ccc(NC(=O)CSCC(=O)N[C@H]2CCC[C@H](C(N)=O)C2)cc1. The summed E-state index contributed by atoms with van der Waals surface area (Å²) in [5.74, 6) is -0.237. The van der Waals surface area contributed by atoms with E-state index in [9.17, 15) is 14.4 Å². The molecule has 1 fully saturated rings. The molecule has 0 radical (unpaired) electrons. The number of carbonyl (C=O) groups excluding carboxylic acids is 3. The van der Waals surface area contributed by atoms with E-state index in [1.165, 1.54) is 11.8 Å². The molecule has 136 valence electrons. The fourth-order valence-electron chi connectivity index (χ4n) is 2.92. The summed E-state index contributed by atoms with van der Waals surface area (Å²) in [5, 5.41) is 5.73. The lowest BCUT2D eigenvalue weighted by Crippen LogP contribution is -2.42. The number of primary amides is 1. The van der Waals surface area contributed by atoms with Crippen molar-refractivity contribution in [3.8, 4) is 0 Å². The topological polar surface area (TPSA) is 101 Å². The van der Waals surface area contributed by atoms with Gasteiger partial charge in [-0.15, -0.1) is 11.8 Å². The highest BCUT2D eigenvalue weighted by atomic mass is 32.2. The predicted octanol–water partition coefficient (Wildman–Crippen LogP) is 1.83. The second kappa shape index (κ2) is 9.46. The molecule has 6 nitrogen and oxygen atoms in total. The Balaban J connectivity index is 1.65. The van der Waals surface area contributed by atoms with E-state index in [0.717, 1.165) is 30.5 Å². The molecule has 0 unspecified atom stereocenters. The van der Waals surface area contributed by atoms with Crippen LogP contribution in [-0.2, 0) is 14.4 Å². The summed E-state index contributed by atoms with van der Waals surface area (Å²) in [6.45, 7) is 1.98. The summed E-state index contributed by atoms with van der Waals surface area (Å²) in [4.78, 5) is 35.1. The third-order valence-electron chi connectivity index (χ3n) is 4.24. The Morgan fingerprint density at radius 3 is 2.48 bits per heavy atom. The van der Waals surface area contributed by atoms with Gasteiger partial charge in [0.25, 0.3) is 0 Å². The van der Waals surface area contributed by atoms with Gasteiger partial charge >= 0.3 is 0 Å². The van der Waals surface area contributed by atoms with Gasteiger partial charge in [-0.2, -0.15) is 0 Å². The Morgan fingerprint density at radius 1 is 1.12 bits per heavy atom. The van der Waals surface area contributed by atoms with Crippen LogP contribution in [0.3, 0.4) is 0 Å². The third kappa shape index (κ3) is 6.78. The Labute approximate surface area is 152 Å². The zero-order valence-electron chi connectivity index (χ0n) is 14.4. The van der Waals surface area contributed by atoms with Crippen molar-refractivity contribution in [1.82, 2.24) is 5.32 Å². The van der Waals surface area contributed by atoms with Crippen molar-refractivity contribution >= 4 is 35.2 Å². The normalized spacial score (nSPS) is 19.9. The molecule has 0 aliphatic heterocycles. The minimum Gasteiger partial charge on any atom is -0.369 e. The fraction of sp³-hybridized carbons (Fsp3) is 0.500. The molecule has 3 amide bonds. The second-order valence-electron chi connectivity index (χ2n) is 6.44. The van der Waals surface area contributed by atoms with Crippen LogP contribution in [0.25, 0.3) is 0 Å². The number of thioether (sulfide) groups is 1. The first-order chi connectivity index (χ1) is 11.9. The number of benzene rings is 1. The molecule has 25 heavy (non-hydrogen) atoms. The van der Waals surface area contributed by atoms with E-state index in [4.69, 9.17) is 5.73 Å². The molecule has 2 atom stereocenters. The van der Waals surface area contributed by atoms with Crippen LogP contribution in [0, 0.1) is 12.8 Å². The minimum absolute atomic E-state index is 0.000680. The first-order valence-corrected chi connectivity index (χ1v) is 9.62. The van der Waals surface area contributed by atoms with Crippen LogP contribution in [0.15, 0.2) is 24.3 Å².